The monoisotopic (exact) mass is 588 g/mol. The van der Waals surface area contributed by atoms with Crippen LogP contribution in [0.4, 0.5) is 0 Å². The van der Waals surface area contributed by atoms with E-state index in [4.69, 9.17) is 18.3 Å². The lowest BCUT2D eigenvalue weighted by atomic mass is 9.68. The molecule has 0 heterocycles. The van der Waals surface area contributed by atoms with E-state index >= 15 is 0 Å². The Morgan fingerprint density at radius 3 is 2.10 bits per heavy atom. The van der Waals surface area contributed by atoms with E-state index in [-0.39, 0.29) is 40.8 Å². The first-order valence-corrected chi connectivity index (χ1v) is 20.5. The Labute approximate surface area is 244 Å². The minimum atomic E-state index is -2.06. The van der Waals surface area contributed by atoms with Crippen LogP contribution < -0.4 is 0 Å². The highest BCUT2D eigenvalue weighted by Gasteiger charge is 2.57. The van der Waals surface area contributed by atoms with Gasteiger partial charge in [0.2, 0.25) is 0 Å². The lowest BCUT2D eigenvalue weighted by Gasteiger charge is -2.43. The van der Waals surface area contributed by atoms with Crippen molar-refractivity contribution in [2.24, 2.45) is 23.7 Å². The van der Waals surface area contributed by atoms with E-state index in [1.165, 1.54) is 7.11 Å². The zero-order valence-electron chi connectivity index (χ0n) is 26.4. The zero-order valence-corrected chi connectivity index (χ0v) is 28.4. The molecule has 0 aliphatic heterocycles. The van der Waals surface area contributed by atoms with Crippen LogP contribution in [0, 0.1) is 23.7 Å². The molecule has 224 valence electrons. The summed E-state index contributed by atoms with van der Waals surface area (Å²) in [5.41, 5.74) is 1.65. The van der Waals surface area contributed by atoms with Crippen LogP contribution in [-0.4, -0.2) is 54.5 Å². The summed E-state index contributed by atoms with van der Waals surface area (Å²) in [7, 11) is -2.56. The number of benzene rings is 1. The number of ether oxygens (including phenoxy) is 2. The van der Waals surface area contributed by atoms with Crippen LogP contribution in [0.1, 0.15) is 65.2 Å². The third-order valence-corrected chi connectivity index (χ3v) is 19.3. The normalized spacial score (nSPS) is 27.1. The first kappa shape index (κ1) is 32.8. The molecular formula is C32H52O6Si2. The molecule has 0 spiro atoms. The number of carbonyl (C=O) groups is 2. The largest absolute Gasteiger partial charge is 0.469 e. The van der Waals surface area contributed by atoms with Gasteiger partial charge in [0, 0.05) is 30.8 Å². The number of hydrogen-bond donors (Lipinski definition) is 0. The second-order valence-electron chi connectivity index (χ2n) is 13.2. The van der Waals surface area contributed by atoms with Gasteiger partial charge in [0.15, 0.2) is 16.6 Å². The number of carbonyl (C=O) groups excluding carboxylic acids is 2. The molecule has 40 heavy (non-hydrogen) atoms. The van der Waals surface area contributed by atoms with Gasteiger partial charge in [-0.05, 0) is 55.3 Å². The molecule has 8 heteroatoms. The summed E-state index contributed by atoms with van der Waals surface area (Å²) in [5.74, 6) is -1.52. The third kappa shape index (κ3) is 6.82. The third-order valence-electron chi connectivity index (χ3n) is 10.2. The minimum Gasteiger partial charge on any atom is -0.469 e. The molecule has 0 saturated heterocycles. The van der Waals surface area contributed by atoms with Crippen molar-refractivity contribution in [3.63, 3.8) is 0 Å². The molecular weight excluding hydrogens is 537 g/mol. The van der Waals surface area contributed by atoms with Crippen LogP contribution in [0.3, 0.4) is 0 Å². The second-order valence-corrected chi connectivity index (χ2v) is 22.8. The molecule has 6 atom stereocenters. The summed E-state index contributed by atoms with van der Waals surface area (Å²) >= 11 is 0. The number of esters is 2. The highest BCUT2D eigenvalue weighted by Crippen LogP contribution is 2.51. The maximum atomic E-state index is 13.6. The first-order valence-electron chi connectivity index (χ1n) is 15.1. The standard InChI is InChI=1S/C32H52O6Si2/c1-11-40(12-2,13-3)38-26-20-27(37-30(33)23-17-15-14-16-18-23)28-24(26)19-22(4)25(29(28)31(34)35-8)21-36-39(9,10)32(5,6)7/h14-19,24-29H,11-13,20-21H2,1-10H3/t24-,25-,26+,27-,28+,29-/m1/s1. The van der Waals surface area contributed by atoms with Gasteiger partial charge in [-0.15, -0.1) is 0 Å². The van der Waals surface area contributed by atoms with Gasteiger partial charge in [-0.1, -0.05) is 71.4 Å². The van der Waals surface area contributed by atoms with Gasteiger partial charge in [-0.3, -0.25) is 4.79 Å². The van der Waals surface area contributed by atoms with Crippen LogP contribution in [0.15, 0.2) is 42.0 Å². The van der Waals surface area contributed by atoms with Gasteiger partial charge < -0.3 is 18.3 Å². The molecule has 3 rings (SSSR count). The van der Waals surface area contributed by atoms with Crippen molar-refractivity contribution in [3.05, 3.63) is 47.5 Å². The molecule has 0 radical (unpaired) electrons. The van der Waals surface area contributed by atoms with Crippen LogP contribution >= 0.6 is 0 Å². The van der Waals surface area contributed by atoms with Crippen LogP contribution in [0.25, 0.3) is 0 Å². The molecule has 2 aliphatic rings. The van der Waals surface area contributed by atoms with E-state index in [2.05, 4.69) is 67.6 Å². The Bertz CT molecular complexity index is 1030. The molecule has 0 amide bonds. The van der Waals surface area contributed by atoms with E-state index in [1.54, 1.807) is 12.1 Å². The maximum Gasteiger partial charge on any atom is 0.338 e. The molecule has 0 aromatic heterocycles. The quantitative estimate of drug-likeness (QED) is 0.150. The Morgan fingerprint density at radius 2 is 1.57 bits per heavy atom. The van der Waals surface area contributed by atoms with Crippen molar-refractivity contribution in [2.45, 2.75) is 103 Å². The predicted molar refractivity (Wildman–Crippen MR) is 165 cm³/mol. The van der Waals surface area contributed by atoms with Gasteiger partial charge >= 0.3 is 11.9 Å². The molecule has 2 aliphatic carbocycles. The fourth-order valence-electron chi connectivity index (χ4n) is 6.27. The van der Waals surface area contributed by atoms with Crippen LogP contribution in [0.5, 0.6) is 0 Å². The molecule has 0 unspecified atom stereocenters. The Kier molecular flexibility index (Phi) is 10.7. The lowest BCUT2D eigenvalue weighted by Crippen LogP contribution is -2.48. The number of methoxy groups -OCH3 is 1. The van der Waals surface area contributed by atoms with Crippen molar-refractivity contribution in [1.29, 1.82) is 0 Å². The average molecular weight is 589 g/mol. The van der Waals surface area contributed by atoms with E-state index in [9.17, 15) is 9.59 Å². The highest BCUT2D eigenvalue weighted by atomic mass is 28.4. The Morgan fingerprint density at radius 1 is 0.975 bits per heavy atom. The van der Waals surface area contributed by atoms with E-state index in [0.29, 0.717) is 18.6 Å². The molecule has 1 saturated carbocycles. The van der Waals surface area contributed by atoms with Crippen LogP contribution in [-0.2, 0) is 23.1 Å². The summed E-state index contributed by atoms with van der Waals surface area (Å²) in [6, 6.07) is 12.2. The van der Waals surface area contributed by atoms with Crippen molar-refractivity contribution in [3.8, 4) is 0 Å². The fourth-order valence-corrected chi connectivity index (χ4v) is 10.2. The van der Waals surface area contributed by atoms with Gasteiger partial charge in [0.25, 0.3) is 0 Å². The van der Waals surface area contributed by atoms with E-state index in [1.807, 2.05) is 18.2 Å². The van der Waals surface area contributed by atoms with Gasteiger partial charge in [-0.2, -0.15) is 0 Å². The molecule has 0 N–H and O–H groups in total. The van der Waals surface area contributed by atoms with Gasteiger partial charge in [0.1, 0.15) is 6.10 Å². The Hall–Kier alpha value is -1.75. The summed E-state index contributed by atoms with van der Waals surface area (Å²) < 4.78 is 25.4. The second kappa shape index (κ2) is 13.1. The van der Waals surface area contributed by atoms with Crippen molar-refractivity contribution in [1.82, 2.24) is 0 Å². The number of hydrogen-bond acceptors (Lipinski definition) is 6. The predicted octanol–water partition coefficient (Wildman–Crippen LogP) is 7.63. The summed E-state index contributed by atoms with van der Waals surface area (Å²) in [6.07, 6.45) is 2.32. The van der Waals surface area contributed by atoms with Crippen molar-refractivity contribution in [2.75, 3.05) is 13.7 Å². The zero-order chi connectivity index (χ0) is 29.9. The number of rotatable bonds is 11. The highest BCUT2D eigenvalue weighted by molar-refractivity contribution is 6.74. The average Bonchev–Trinajstić information content (AvgIpc) is 3.25. The molecule has 1 aromatic rings. The summed E-state index contributed by atoms with van der Waals surface area (Å²) in [5, 5.41) is 0.0526. The minimum absolute atomic E-state index is 0.0293. The maximum absolute atomic E-state index is 13.6. The number of fused-ring (bicyclic) bond motifs is 1. The van der Waals surface area contributed by atoms with Gasteiger partial charge in [-0.25, -0.2) is 4.79 Å². The Balaban J connectivity index is 2.03. The molecule has 6 nitrogen and oxygen atoms in total. The van der Waals surface area contributed by atoms with E-state index < -0.39 is 28.7 Å². The summed E-state index contributed by atoms with van der Waals surface area (Å²) in [6.45, 7) is 20.4. The molecule has 0 bridgehead atoms. The molecule has 1 aromatic carbocycles. The van der Waals surface area contributed by atoms with E-state index in [0.717, 1.165) is 23.7 Å². The van der Waals surface area contributed by atoms with Crippen molar-refractivity contribution < 1.29 is 27.9 Å². The smallest absolute Gasteiger partial charge is 0.338 e. The first-order chi connectivity index (χ1) is 18.7. The van der Waals surface area contributed by atoms with Crippen molar-refractivity contribution >= 4 is 28.6 Å². The topological polar surface area (TPSA) is 71.1 Å². The molecule has 1 fully saturated rings. The summed E-state index contributed by atoms with van der Waals surface area (Å²) in [4.78, 5) is 26.9. The lowest BCUT2D eigenvalue weighted by molar-refractivity contribution is -0.153. The van der Waals surface area contributed by atoms with Gasteiger partial charge in [0.05, 0.1) is 24.7 Å². The SMILES string of the molecule is CC[Si](CC)(CC)O[C@H]1C[C@@H](OC(=O)c2ccccc2)[C@@H]2[C@@H]1C=C(C)[C@@H](CO[Si](C)(C)C(C)(C)C)[C@H]2C(=O)OC. The fraction of sp³-hybridized carbons (Fsp3) is 0.688. The van der Waals surface area contributed by atoms with Crippen LogP contribution in [0.2, 0.25) is 36.3 Å².